The molecule has 6 rings (SSSR count). The molecule has 0 saturated carbocycles. The molecule has 3 aromatic carbocycles. The molecule has 1 aliphatic heterocycles. The van der Waals surface area contributed by atoms with Gasteiger partial charge in [-0.15, -0.1) is 0 Å². The van der Waals surface area contributed by atoms with E-state index >= 15 is 0 Å². The second-order valence-electron chi connectivity index (χ2n) is 9.33. The van der Waals surface area contributed by atoms with Crippen molar-refractivity contribution in [3.8, 4) is 16.9 Å². The Morgan fingerprint density at radius 2 is 1.89 bits per heavy atom. The van der Waals surface area contributed by atoms with Gasteiger partial charge in [0.05, 0.1) is 13.3 Å². The molecular weight excluding hydrogens is 436 g/mol. The van der Waals surface area contributed by atoms with E-state index in [1.807, 2.05) is 35.4 Å². The summed E-state index contributed by atoms with van der Waals surface area (Å²) in [5.41, 5.74) is 6.28. The number of fused-ring (bicyclic) bond motifs is 3. The summed E-state index contributed by atoms with van der Waals surface area (Å²) in [6, 6.07) is 22.5. The van der Waals surface area contributed by atoms with Crippen molar-refractivity contribution in [1.82, 2.24) is 19.7 Å². The SMILES string of the molecule is COc1cccc(-c2cn[nH]c2C2CCCN(C(=O)c3ccc4c(c3)c3ccccc3n4C)C2)c1. The average Bonchev–Trinajstić information content (AvgIpc) is 3.52. The molecular formula is C29H28N4O2. The first-order valence-electron chi connectivity index (χ1n) is 12.1. The zero-order chi connectivity index (χ0) is 23.9. The number of amides is 1. The van der Waals surface area contributed by atoms with Crippen LogP contribution in [0.2, 0.25) is 0 Å². The number of carbonyl (C=O) groups is 1. The van der Waals surface area contributed by atoms with Crippen LogP contribution in [0.25, 0.3) is 32.9 Å². The Morgan fingerprint density at radius 1 is 1.03 bits per heavy atom. The number of methoxy groups -OCH3 is 1. The molecule has 1 fully saturated rings. The van der Waals surface area contributed by atoms with E-state index in [0.717, 1.165) is 58.4 Å². The van der Waals surface area contributed by atoms with E-state index < -0.39 is 0 Å². The topological polar surface area (TPSA) is 63.1 Å². The van der Waals surface area contributed by atoms with Crippen LogP contribution >= 0.6 is 0 Å². The van der Waals surface area contributed by atoms with Crippen molar-refractivity contribution in [2.24, 2.45) is 7.05 Å². The number of likely N-dealkylation sites (tertiary alicyclic amines) is 1. The fourth-order valence-electron chi connectivity index (χ4n) is 5.51. The number of nitrogens with zero attached hydrogens (tertiary/aromatic N) is 3. The van der Waals surface area contributed by atoms with Crippen LogP contribution in [0.5, 0.6) is 5.75 Å². The Hall–Kier alpha value is -4.06. The molecule has 1 saturated heterocycles. The number of hydrogen-bond acceptors (Lipinski definition) is 3. The van der Waals surface area contributed by atoms with Gasteiger partial charge in [0.15, 0.2) is 0 Å². The van der Waals surface area contributed by atoms with Gasteiger partial charge in [0.1, 0.15) is 5.75 Å². The number of aromatic nitrogens is 3. The third-order valence-electron chi connectivity index (χ3n) is 7.33. The van der Waals surface area contributed by atoms with Crippen molar-refractivity contribution in [3.63, 3.8) is 0 Å². The minimum Gasteiger partial charge on any atom is -0.497 e. The van der Waals surface area contributed by atoms with Crippen LogP contribution in [0.3, 0.4) is 0 Å². The first-order valence-corrected chi connectivity index (χ1v) is 12.1. The summed E-state index contributed by atoms with van der Waals surface area (Å²) in [5, 5.41) is 9.88. The average molecular weight is 465 g/mol. The molecule has 0 spiro atoms. The van der Waals surface area contributed by atoms with Gasteiger partial charge in [-0.2, -0.15) is 5.10 Å². The van der Waals surface area contributed by atoms with Crippen molar-refractivity contribution in [1.29, 1.82) is 0 Å². The lowest BCUT2D eigenvalue weighted by molar-refractivity contribution is 0.0706. The summed E-state index contributed by atoms with van der Waals surface area (Å²) >= 11 is 0. The van der Waals surface area contributed by atoms with E-state index in [-0.39, 0.29) is 11.8 Å². The Balaban J connectivity index is 1.29. The molecule has 6 nitrogen and oxygen atoms in total. The Kier molecular flexibility index (Phi) is 5.29. The van der Waals surface area contributed by atoms with Crippen LogP contribution in [0.4, 0.5) is 0 Å². The van der Waals surface area contributed by atoms with Gasteiger partial charge >= 0.3 is 0 Å². The van der Waals surface area contributed by atoms with Crippen molar-refractivity contribution < 1.29 is 9.53 Å². The quantitative estimate of drug-likeness (QED) is 0.368. The van der Waals surface area contributed by atoms with Gasteiger partial charge in [0.25, 0.3) is 5.91 Å². The van der Waals surface area contributed by atoms with Gasteiger partial charge in [0.2, 0.25) is 0 Å². The zero-order valence-corrected chi connectivity index (χ0v) is 20.0. The first-order chi connectivity index (χ1) is 17.1. The van der Waals surface area contributed by atoms with Crippen LogP contribution in [0, 0.1) is 0 Å². The Bertz CT molecular complexity index is 1550. The Labute approximate surface area is 204 Å². The molecule has 0 radical (unpaired) electrons. The number of para-hydroxylation sites is 1. The fraction of sp³-hybridized carbons (Fsp3) is 0.241. The third kappa shape index (κ3) is 3.66. The minimum atomic E-state index is 0.0898. The van der Waals surface area contributed by atoms with Gasteiger partial charge in [-0.1, -0.05) is 30.3 Å². The molecule has 6 heteroatoms. The number of nitrogens with one attached hydrogen (secondary N) is 1. The number of piperidine rings is 1. The molecule has 1 N–H and O–H groups in total. The number of ether oxygens (including phenoxy) is 1. The van der Waals surface area contributed by atoms with Crippen molar-refractivity contribution in [3.05, 3.63) is 84.2 Å². The summed E-state index contributed by atoms with van der Waals surface area (Å²) in [5.74, 6) is 1.11. The molecule has 35 heavy (non-hydrogen) atoms. The standard InChI is InChI=1S/C29H28N4O2/c1-32-26-11-4-3-10-23(26)24-16-20(12-13-27(24)32)29(34)33-14-6-8-21(18-33)28-25(17-30-31-28)19-7-5-9-22(15-19)35-2/h3-5,7,9-13,15-17,21H,6,8,14,18H2,1-2H3,(H,30,31). The van der Waals surface area contributed by atoms with Gasteiger partial charge in [-0.05, 0) is 54.8 Å². The van der Waals surface area contributed by atoms with Crippen LogP contribution in [-0.2, 0) is 7.05 Å². The number of H-pyrrole nitrogens is 1. The number of benzene rings is 3. The highest BCUT2D eigenvalue weighted by Gasteiger charge is 2.28. The molecule has 1 aliphatic rings. The van der Waals surface area contributed by atoms with Crippen molar-refractivity contribution in [2.45, 2.75) is 18.8 Å². The lowest BCUT2D eigenvalue weighted by Crippen LogP contribution is -2.39. The summed E-state index contributed by atoms with van der Waals surface area (Å²) in [7, 11) is 3.75. The highest BCUT2D eigenvalue weighted by Crippen LogP contribution is 2.35. The predicted molar refractivity (Wildman–Crippen MR) is 139 cm³/mol. The molecule has 1 unspecified atom stereocenters. The number of rotatable bonds is 4. The molecule has 2 aromatic heterocycles. The molecule has 176 valence electrons. The molecule has 0 aliphatic carbocycles. The van der Waals surface area contributed by atoms with Crippen LogP contribution in [0.15, 0.2) is 72.9 Å². The maximum atomic E-state index is 13.6. The van der Waals surface area contributed by atoms with Gasteiger partial charge < -0.3 is 14.2 Å². The van der Waals surface area contributed by atoms with E-state index in [4.69, 9.17) is 4.74 Å². The smallest absolute Gasteiger partial charge is 0.253 e. The van der Waals surface area contributed by atoms with E-state index in [2.05, 4.69) is 64.3 Å². The predicted octanol–water partition coefficient (Wildman–Crippen LogP) is 5.75. The normalized spacial score (nSPS) is 16.2. The lowest BCUT2D eigenvalue weighted by atomic mass is 9.90. The van der Waals surface area contributed by atoms with E-state index in [0.29, 0.717) is 6.54 Å². The number of aryl methyl sites for hydroxylation is 1. The Morgan fingerprint density at radius 3 is 2.77 bits per heavy atom. The number of aromatic amines is 1. The summed E-state index contributed by atoms with van der Waals surface area (Å²) in [4.78, 5) is 15.6. The minimum absolute atomic E-state index is 0.0898. The molecule has 1 atom stereocenters. The van der Waals surface area contributed by atoms with Crippen molar-refractivity contribution in [2.75, 3.05) is 20.2 Å². The van der Waals surface area contributed by atoms with Crippen LogP contribution < -0.4 is 4.74 Å². The number of carbonyl (C=O) groups excluding carboxylic acids is 1. The van der Waals surface area contributed by atoms with Gasteiger partial charge in [-0.25, -0.2) is 0 Å². The molecule has 1 amide bonds. The highest BCUT2D eigenvalue weighted by molar-refractivity contribution is 6.10. The van der Waals surface area contributed by atoms with Crippen LogP contribution in [0.1, 0.15) is 34.8 Å². The molecule has 3 heterocycles. The summed E-state index contributed by atoms with van der Waals surface area (Å²) < 4.78 is 7.60. The summed E-state index contributed by atoms with van der Waals surface area (Å²) in [6.07, 6.45) is 3.86. The highest BCUT2D eigenvalue weighted by atomic mass is 16.5. The molecule has 5 aromatic rings. The first kappa shape index (κ1) is 21.5. The van der Waals surface area contributed by atoms with Crippen molar-refractivity contribution >= 4 is 27.7 Å². The number of hydrogen-bond donors (Lipinski definition) is 1. The second kappa shape index (κ2) is 8.62. The third-order valence-corrected chi connectivity index (χ3v) is 7.33. The zero-order valence-electron chi connectivity index (χ0n) is 20.0. The maximum absolute atomic E-state index is 13.6. The van der Waals surface area contributed by atoms with E-state index in [9.17, 15) is 4.79 Å². The van der Waals surface area contributed by atoms with E-state index in [1.54, 1.807) is 7.11 Å². The van der Waals surface area contributed by atoms with E-state index in [1.165, 1.54) is 10.9 Å². The van der Waals surface area contributed by atoms with Gasteiger partial charge in [0, 0.05) is 64.7 Å². The summed E-state index contributed by atoms with van der Waals surface area (Å²) in [6.45, 7) is 1.44. The largest absolute Gasteiger partial charge is 0.497 e. The van der Waals surface area contributed by atoms with Gasteiger partial charge in [-0.3, -0.25) is 9.89 Å². The second-order valence-corrected chi connectivity index (χ2v) is 9.33. The monoisotopic (exact) mass is 464 g/mol. The molecule has 0 bridgehead atoms. The fourth-order valence-corrected chi connectivity index (χ4v) is 5.51. The van der Waals surface area contributed by atoms with Crippen LogP contribution in [-0.4, -0.2) is 45.8 Å². The maximum Gasteiger partial charge on any atom is 0.253 e. The lowest BCUT2D eigenvalue weighted by Gasteiger charge is -2.33.